The van der Waals surface area contributed by atoms with Crippen molar-refractivity contribution < 1.29 is 0 Å². The van der Waals surface area contributed by atoms with Gasteiger partial charge in [-0.05, 0) is 0 Å². The monoisotopic (exact) mass is 262 g/mol. The van der Waals surface area contributed by atoms with E-state index in [2.05, 4.69) is 0 Å². The Morgan fingerprint density at radius 1 is 1.00 bits per heavy atom. The second kappa shape index (κ2) is 3.19. The third-order valence-corrected chi connectivity index (χ3v) is 4.90. The summed E-state index contributed by atoms with van der Waals surface area (Å²) >= 11 is 23.4. The second-order valence-corrected chi connectivity index (χ2v) is 15.7. The van der Waals surface area contributed by atoms with Crippen molar-refractivity contribution in [2.24, 2.45) is 0 Å². The summed E-state index contributed by atoms with van der Waals surface area (Å²) in [4.78, 5) is 0. The molecule has 68 valence electrons. The Morgan fingerprint density at radius 2 is 1.50 bits per heavy atom. The Balaban J connectivity index is 3.30. The molecule has 0 amide bonds. The van der Waals surface area contributed by atoms with Crippen LogP contribution in [0.3, 0.4) is 0 Å². The first-order valence-corrected chi connectivity index (χ1v) is 9.08. The van der Waals surface area contributed by atoms with E-state index in [1.165, 1.54) is 0 Å². The Kier molecular flexibility index (Phi) is 2.89. The average molecular weight is 264 g/mol. The van der Waals surface area contributed by atoms with Crippen LogP contribution in [0.4, 0.5) is 0 Å². The predicted molar refractivity (Wildman–Crippen MR) is 61.1 cm³/mol. The summed E-state index contributed by atoms with van der Waals surface area (Å²) < 4.78 is -3.65. The molecule has 1 rings (SSSR count). The van der Waals surface area contributed by atoms with Crippen molar-refractivity contribution in [3.63, 3.8) is 0 Å². The summed E-state index contributed by atoms with van der Waals surface area (Å²) in [6, 6.07) is 7.29. The molecule has 12 heavy (non-hydrogen) atoms. The van der Waals surface area contributed by atoms with Crippen molar-refractivity contribution in [1.29, 1.82) is 0 Å². The molecule has 0 aromatic heterocycles. The molecule has 0 atom stereocenters. The first-order chi connectivity index (χ1) is 5.27. The molecule has 0 aliphatic heterocycles. The molecule has 5 heteroatoms. The quantitative estimate of drug-likeness (QED) is 0.639. The van der Waals surface area contributed by atoms with Gasteiger partial charge in [-0.1, -0.05) is 0 Å². The molecule has 0 unspecified atom stereocenters. The fourth-order valence-corrected chi connectivity index (χ4v) is 4.14. The van der Waals surface area contributed by atoms with Crippen LogP contribution in [0.25, 0.3) is 0 Å². The van der Waals surface area contributed by atoms with Gasteiger partial charge in [0, 0.05) is 0 Å². The van der Waals surface area contributed by atoms with Crippen molar-refractivity contribution >= 4 is 54.3 Å². The van der Waals surface area contributed by atoms with E-state index >= 15 is 0 Å². The summed E-state index contributed by atoms with van der Waals surface area (Å²) in [7, 11) is 0. The number of aryl methyl sites for hydroxylation is 1. The van der Waals surface area contributed by atoms with Crippen LogP contribution >= 0.6 is 49.0 Å². The molecule has 1 aromatic carbocycles. The van der Waals surface area contributed by atoms with E-state index in [-0.39, 0.29) is 0 Å². The minimum atomic E-state index is -3.65. The van der Waals surface area contributed by atoms with Gasteiger partial charge in [0.25, 0.3) is 0 Å². The van der Waals surface area contributed by atoms with Gasteiger partial charge in [-0.2, -0.15) is 0 Å². The second-order valence-electron chi connectivity index (χ2n) is 2.51. The van der Waals surface area contributed by atoms with Crippen molar-refractivity contribution in [1.82, 2.24) is 0 Å². The van der Waals surface area contributed by atoms with Crippen molar-refractivity contribution in [2.45, 2.75) is 6.92 Å². The molecular weight excluding hydrogens is 257 g/mol. The normalized spacial score (nSPS) is 15.2. The van der Waals surface area contributed by atoms with Crippen LogP contribution in [-0.4, -0.2) is 0 Å². The number of benzene rings is 1. The van der Waals surface area contributed by atoms with Gasteiger partial charge in [-0.3, -0.25) is 0 Å². The van der Waals surface area contributed by atoms with Crippen LogP contribution in [-0.2, 0) is 0 Å². The molecule has 0 heterocycles. The average Bonchev–Trinajstić information content (AvgIpc) is 1.84. The Labute approximate surface area is 90.8 Å². The van der Waals surface area contributed by atoms with Crippen LogP contribution in [0.1, 0.15) is 5.56 Å². The third kappa shape index (κ3) is 2.65. The van der Waals surface area contributed by atoms with Gasteiger partial charge in [0.1, 0.15) is 0 Å². The van der Waals surface area contributed by atoms with E-state index < -0.39 is 4.01 Å². The van der Waals surface area contributed by atoms with E-state index in [0.717, 1.165) is 5.56 Å². The van der Waals surface area contributed by atoms with E-state index in [4.69, 9.17) is 45.0 Å². The maximum absolute atomic E-state index is 5.85. The van der Waals surface area contributed by atoms with Gasteiger partial charge in [0.05, 0.1) is 0 Å². The van der Waals surface area contributed by atoms with Gasteiger partial charge in [-0.25, -0.2) is 0 Å². The topological polar surface area (TPSA) is 0 Å². The zero-order chi connectivity index (χ0) is 9.43. The molecule has 0 fully saturated rings. The summed E-state index contributed by atoms with van der Waals surface area (Å²) in [5.74, 6) is 0. The summed E-state index contributed by atoms with van der Waals surface area (Å²) in [6.45, 7) is 1.87. The fourth-order valence-electron chi connectivity index (χ4n) is 0.943. The van der Waals surface area contributed by atoms with Gasteiger partial charge < -0.3 is 0 Å². The first kappa shape index (κ1) is 10.9. The number of halogens is 4. The molecular formula is C7H7Cl4P. The number of hydrogen-bond acceptors (Lipinski definition) is 0. The molecule has 0 saturated carbocycles. The molecule has 0 nitrogen and oxygen atoms in total. The number of rotatable bonds is 1. The van der Waals surface area contributed by atoms with Gasteiger partial charge >= 0.3 is 91.0 Å². The number of hydrogen-bond donors (Lipinski definition) is 0. The Bertz CT molecular complexity index is 293. The molecule has 0 aliphatic carbocycles. The molecule has 0 N–H and O–H groups in total. The molecule has 1 aromatic rings. The van der Waals surface area contributed by atoms with Crippen molar-refractivity contribution in [2.75, 3.05) is 0 Å². The van der Waals surface area contributed by atoms with Crippen LogP contribution in [0.5, 0.6) is 0 Å². The molecule has 0 bridgehead atoms. The van der Waals surface area contributed by atoms with Gasteiger partial charge in [0.15, 0.2) is 0 Å². The predicted octanol–water partition coefficient (Wildman–Crippen LogP) is 4.79. The Hall–Kier alpha value is 0.810. The van der Waals surface area contributed by atoms with Crippen molar-refractivity contribution in [3.8, 4) is 0 Å². The molecule has 0 spiro atoms. The summed E-state index contributed by atoms with van der Waals surface area (Å²) in [6.07, 6.45) is 0. The maximum atomic E-state index is 5.85. The first-order valence-electron chi connectivity index (χ1n) is 3.23. The van der Waals surface area contributed by atoms with Crippen molar-refractivity contribution in [3.05, 3.63) is 29.8 Å². The van der Waals surface area contributed by atoms with Crippen LogP contribution in [0, 0.1) is 6.92 Å². The standard InChI is InChI=1S/C7H7Cl4P/c1-6-4-2-3-5-7(6)12(8,9,10)11/h2-5H,1H3. The Morgan fingerprint density at radius 3 is 1.83 bits per heavy atom. The molecule has 0 radical (unpaired) electrons. The fraction of sp³-hybridized carbons (Fsp3) is 0.143. The summed E-state index contributed by atoms with van der Waals surface area (Å²) in [5, 5.41) is 0.621. The van der Waals surface area contributed by atoms with Crippen LogP contribution in [0.2, 0.25) is 0 Å². The minimum absolute atomic E-state index is 0.621. The van der Waals surface area contributed by atoms with Crippen LogP contribution in [0.15, 0.2) is 24.3 Å². The van der Waals surface area contributed by atoms with E-state index in [1.807, 2.05) is 19.1 Å². The van der Waals surface area contributed by atoms with E-state index in [9.17, 15) is 0 Å². The zero-order valence-corrected chi connectivity index (χ0v) is 10.2. The molecule has 0 aliphatic rings. The third-order valence-electron chi connectivity index (χ3n) is 1.48. The molecule has 0 saturated heterocycles. The van der Waals surface area contributed by atoms with E-state index in [1.54, 1.807) is 12.1 Å². The van der Waals surface area contributed by atoms with E-state index in [0.29, 0.717) is 5.30 Å². The SMILES string of the molecule is Cc1ccccc1P(Cl)(Cl)(Cl)Cl. The summed E-state index contributed by atoms with van der Waals surface area (Å²) in [5.41, 5.74) is 0.908. The van der Waals surface area contributed by atoms with Crippen LogP contribution < -0.4 is 5.30 Å². The van der Waals surface area contributed by atoms with Gasteiger partial charge in [-0.15, -0.1) is 0 Å². The zero-order valence-electron chi connectivity index (χ0n) is 6.27. The van der Waals surface area contributed by atoms with Gasteiger partial charge in [0.2, 0.25) is 0 Å².